The number of aromatic nitrogens is 2. The highest BCUT2D eigenvalue weighted by atomic mass is 19.4. The van der Waals surface area contributed by atoms with Crippen molar-refractivity contribution in [2.45, 2.75) is 25.7 Å². The number of halogens is 3. The maximum Gasteiger partial charge on any atom is 0.451 e. The molecule has 10 heteroatoms. The van der Waals surface area contributed by atoms with E-state index in [1.54, 1.807) is 0 Å². The Bertz CT molecular complexity index is 744. The molecule has 1 aliphatic rings. The van der Waals surface area contributed by atoms with E-state index in [0.29, 0.717) is 43.1 Å². The topological polar surface area (TPSA) is 85.3 Å². The fraction of sp³-hybridized carbons (Fsp3) is 0.385. The first-order valence-corrected chi connectivity index (χ1v) is 6.70. The summed E-state index contributed by atoms with van der Waals surface area (Å²) in [6.45, 7) is 1.17. The van der Waals surface area contributed by atoms with Gasteiger partial charge in [-0.1, -0.05) is 0 Å². The monoisotopic (exact) mass is 328 g/mol. The standard InChI is InChI=1S/C13H11F3N4O3/c14-13(15,16)12-17-5-8-6-19(4-3-10(8)18-12)7-9-1-2-11(23-9)20(21)22/h1-2,5H,3-4,6-7H2. The summed E-state index contributed by atoms with van der Waals surface area (Å²) in [7, 11) is 0. The molecule has 0 bridgehead atoms. The third kappa shape index (κ3) is 3.31. The fourth-order valence-electron chi connectivity index (χ4n) is 2.42. The van der Waals surface area contributed by atoms with E-state index in [9.17, 15) is 23.3 Å². The maximum absolute atomic E-state index is 12.6. The molecule has 0 N–H and O–H groups in total. The molecule has 0 saturated carbocycles. The van der Waals surface area contributed by atoms with E-state index >= 15 is 0 Å². The molecule has 122 valence electrons. The van der Waals surface area contributed by atoms with Gasteiger partial charge in [0, 0.05) is 31.3 Å². The van der Waals surface area contributed by atoms with Crippen molar-refractivity contribution >= 4 is 5.88 Å². The van der Waals surface area contributed by atoms with Crippen LogP contribution in [0.15, 0.2) is 22.7 Å². The summed E-state index contributed by atoms with van der Waals surface area (Å²) in [6, 6.07) is 2.78. The number of nitro groups is 1. The molecule has 3 heterocycles. The Kier molecular flexibility index (Phi) is 3.76. The summed E-state index contributed by atoms with van der Waals surface area (Å²) >= 11 is 0. The van der Waals surface area contributed by atoms with Crippen LogP contribution in [0, 0.1) is 10.1 Å². The summed E-state index contributed by atoms with van der Waals surface area (Å²) in [4.78, 5) is 18.8. The van der Waals surface area contributed by atoms with Crippen molar-refractivity contribution in [3.05, 3.63) is 51.3 Å². The van der Waals surface area contributed by atoms with Gasteiger partial charge in [0.2, 0.25) is 5.82 Å². The SMILES string of the molecule is O=[N+]([O-])c1ccc(CN2CCc3nc(C(F)(F)F)ncc3C2)o1. The van der Waals surface area contributed by atoms with Gasteiger partial charge in [0.05, 0.1) is 18.3 Å². The highest BCUT2D eigenvalue weighted by Crippen LogP contribution is 2.28. The van der Waals surface area contributed by atoms with Gasteiger partial charge in [0.15, 0.2) is 0 Å². The molecule has 0 saturated heterocycles. The zero-order chi connectivity index (χ0) is 16.6. The van der Waals surface area contributed by atoms with Gasteiger partial charge in [-0.25, -0.2) is 9.97 Å². The number of rotatable bonds is 3. The van der Waals surface area contributed by atoms with E-state index in [4.69, 9.17) is 4.42 Å². The lowest BCUT2D eigenvalue weighted by Crippen LogP contribution is -2.31. The lowest BCUT2D eigenvalue weighted by Gasteiger charge is -2.27. The minimum atomic E-state index is -4.56. The highest BCUT2D eigenvalue weighted by molar-refractivity contribution is 5.22. The lowest BCUT2D eigenvalue weighted by atomic mass is 10.1. The molecule has 7 nitrogen and oxygen atoms in total. The van der Waals surface area contributed by atoms with Gasteiger partial charge in [0.1, 0.15) is 10.7 Å². The van der Waals surface area contributed by atoms with Gasteiger partial charge in [0.25, 0.3) is 0 Å². The van der Waals surface area contributed by atoms with Crippen molar-refractivity contribution in [2.75, 3.05) is 6.54 Å². The molecule has 1 aliphatic heterocycles. The lowest BCUT2D eigenvalue weighted by molar-refractivity contribution is -0.402. The molecule has 2 aromatic rings. The molecule has 0 aliphatic carbocycles. The van der Waals surface area contributed by atoms with Crippen molar-refractivity contribution < 1.29 is 22.5 Å². The van der Waals surface area contributed by atoms with Crippen molar-refractivity contribution in [1.82, 2.24) is 14.9 Å². The van der Waals surface area contributed by atoms with Gasteiger partial charge in [-0.05, 0) is 6.07 Å². The van der Waals surface area contributed by atoms with Crippen LogP contribution in [0.25, 0.3) is 0 Å². The Morgan fingerprint density at radius 3 is 2.83 bits per heavy atom. The van der Waals surface area contributed by atoms with Gasteiger partial charge < -0.3 is 4.42 Å². The quantitative estimate of drug-likeness (QED) is 0.636. The van der Waals surface area contributed by atoms with E-state index in [-0.39, 0.29) is 5.88 Å². The molecule has 0 radical (unpaired) electrons. The summed E-state index contributed by atoms with van der Waals surface area (Å²) in [5.74, 6) is -1.05. The Morgan fingerprint density at radius 1 is 1.39 bits per heavy atom. The average Bonchev–Trinajstić information content (AvgIpc) is 2.94. The van der Waals surface area contributed by atoms with Gasteiger partial charge in [-0.3, -0.25) is 15.0 Å². The molecule has 2 aromatic heterocycles. The first-order valence-electron chi connectivity index (χ1n) is 6.70. The zero-order valence-corrected chi connectivity index (χ0v) is 11.7. The highest BCUT2D eigenvalue weighted by Gasteiger charge is 2.35. The molecule has 0 amide bonds. The van der Waals surface area contributed by atoms with E-state index in [0.717, 1.165) is 0 Å². The van der Waals surface area contributed by atoms with Crippen molar-refractivity contribution in [3.63, 3.8) is 0 Å². The second-order valence-corrected chi connectivity index (χ2v) is 5.12. The van der Waals surface area contributed by atoms with Crippen LogP contribution in [0.5, 0.6) is 0 Å². The Labute approximate surface area is 127 Å². The summed E-state index contributed by atoms with van der Waals surface area (Å²) in [5.41, 5.74) is 0.999. The Morgan fingerprint density at radius 2 is 2.17 bits per heavy atom. The molecule has 0 fully saturated rings. The van der Waals surface area contributed by atoms with Crippen molar-refractivity contribution in [3.8, 4) is 0 Å². The predicted molar refractivity (Wildman–Crippen MR) is 70.2 cm³/mol. The van der Waals surface area contributed by atoms with Gasteiger partial charge in [-0.15, -0.1) is 0 Å². The first-order chi connectivity index (χ1) is 10.8. The number of fused-ring (bicyclic) bond motifs is 1. The number of alkyl halides is 3. The number of nitrogens with zero attached hydrogens (tertiary/aromatic N) is 4. The van der Waals surface area contributed by atoms with Crippen LogP contribution in [0.1, 0.15) is 22.8 Å². The molecule has 23 heavy (non-hydrogen) atoms. The molecule has 0 unspecified atom stereocenters. The van der Waals surface area contributed by atoms with Crippen LogP contribution in [0.2, 0.25) is 0 Å². The van der Waals surface area contributed by atoms with Gasteiger partial charge >= 0.3 is 12.1 Å². The largest absolute Gasteiger partial charge is 0.451 e. The first kappa shape index (κ1) is 15.4. The molecule has 0 aromatic carbocycles. The van der Waals surface area contributed by atoms with E-state index < -0.39 is 16.9 Å². The smallest absolute Gasteiger partial charge is 0.404 e. The normalized spacial score (nSPS) is 15.4. The van der Waals surface area contributed by atoms with E-state index in [2.05, 4.69) is 9.97 Å². The van der Waals surface area contributed by atoms with Crippen LogP contribution < -0.4 is 0 Å². The molecule has 0 atom stereocenters. The van der Waals surface area contributed by atoms with Crippen LogP contribution in [0.3, 0.4) is 0 Å². The summed E-state index contributed by atoms with van der Waals surface area (Å²) in [5, 5.41) is 10.6. The van der Waals surface area contributed by atoms with Gasteiger partial charge in [-0.2, -0.15) is 13.2 Å². The average molecular weight is 328 g/mol. The second kappa shape index (κ2) is 5.61. The number of furan rings is 1. The van der Waals surface area contributed by atoms with Crippen LogP contribution in [0.4, 0.5) is 19.1 Å². The zero-order valence-electron chi connectivity index (χ0n) is 11.7. The van der Waals surface area contributed by atoms with Crippen LogP contribution in [-0.2, 0) is 25.7 Å². The Hall–Kier alpha value is -2.49. The number of hydrogen-bond acceptors (Lipinski definition) is 6. The van der Waals surface area contributed by atoms with E-state index in [1.807, 2.05) is 4.90 Å². The predicted octanol–water partition coefficient (Wildman–Crippen LogP) is 2.55. The van der Waals surface area contributed by atoms with Crippen molar-refractivity contribution in [2.24, 2.45) is 0 Å². The minimum Gasteiger partial charge on any atom is -0.404 e. The fourth-order valence-corrected chi connectivity index (χ4v) is 2.42. The molecule has 3 rings (SSSR count). The van der Waals surface area contributed by atoms with Crippen LogP contribution in [-0.4, -0.2) is 26.3 Å². The van der Waals surface area contributed by atoms with Crippen LogP contribution >= 0.6 is 0 Å². The molecular weight excluding hydrogens is 317 g/mol. The Balaban J connectivity index is 1.71. The van der Waals surface area contributed by atoms with E-state index in [1.165, 1.54) is 18.3 Å². The third-order valence-electron chi connectivity index (χ3n) is 3.47. The molecule has 0 spiro atoms. The number of hydrogen-bond donors (Lipinski definition) is 0. The minimum absolute atomic E-state index is 0.328. The summed E-state index contributed by atoms with van der Waals surface area (Å²) in [6.07, 6.45) is -3.02. The third-order valence-corrected chi connectivity index (χ3v) is 3.47. The maximum atomic E-state index is 12.6. The summed E-state index contributed by atoms with van der Waals surface area (Å²) < 4.78 is 42.8. The second-order valence-electron chi connectivity index (χ2n) is 5.12. The van der Waals surface area contributed by atoms with Crippen molar-refractivity contribution in [1.29, 1.82) is 0 Å². The molecular formula is C13H11F3N4O3.